The van der Waals surface area contributed by atoms with Crippen molar-refractivity contribution >= 4 is 33.2 Å². The SMILES string of the molecule is CCC(=O)N1N=C(c2c(C)c3ccsc3[nH]c2=O)CC1c1ccc(CF)cc1. The highest BCUT2D eigenvalue weighted by molar-refractivity contribution is 7.16. The lowest BCUT2D eigenvalue weighted by atomic mass is 9.95. The molecule has 7 heteroatoms. The van der Waals surface area contributed by atoms with Gasteiger partial charge in [0.15, 0.2) is 0 Å². The lowest BCUT2D eigenvalue weighted by Crippen LogP contribution is -2.26. The number of H-pyrrole nitrogens is 1. The van der Waals surface area contributed by atoms with E-state index in [1.165, 1.54) is 16.3 Å². The first-order chi connectivity index (χ1) is 13.5. The van der Waals surface area contributed by atoms with E-state index >= 15 is 0 Å². The number of alkyl halides is 1. The first kappa shape index (κ1) is 18.6. The average molecular weight is 397 g/mol. The summed E-state index contributed by atoms with van der Waals surface area (Å²) in [5.74, 6) is -0.111. The predicted octanol–water partition coefficient (Wildman–Crippen LogP) is 4.46. The molecule has 0 saturated carbocycles. The Bertz CT molecular complexity index is 1130. The van der Waals surface area contributed by atoms with Crippen LogP contribution < -0.4 is 5.56 Å². The number of carbonyl (C=O) groups is 1. The topological polar surface area (TPSA) is 65.5 Å². The van der Waals surface area contributed by atoms with Crippen LogP contribution in [-0.4, -0.2) is 21.6 Å². The van der Waals surface area contributed by atoms with Gasteiger partial charge in [-0.1, -0.05) is 31.2 Å². The van der Waals surface area contributed by atoms with Crippen LogP contribution in [0.1, 0.15) is 48.1 Å². The molecule has 0 radical (unpaired) electrons. The van der Waals surface area contributed by atoms with Crippen LogP contribution in [0.15, 0.2) is 45.6 Å². The van der Waals surface area contributed by atoms with E-state index in [9.17, 15) is 14.0 Å². The number of nitrogens with one attached hydrogen (secondary N) is 1. The number of pyridine rings is 1. The van der Waals surface area contributed by atoms with Gasteiger partial charge in [-0.05, 0) is 35.1 Å². The molecule has 2 aromatic heterocycles. The molecule has 1 aliphatic rings. The summed E-state index contributed by atoms with van der Waals surface area (Å²) in [7, 11) is 0. The van der Waals surface area contributed by atoms with Crippen LogP contribution in [0.25, 0.3) is 10.2 Å². The molecule has 0 aliphatic carbocycles. The largest absolute Gasteiger partial charge is 0.313 e. The molecule has 28 heavy (non-hydrogen) atoms. The first-order valence-corrected chi connectivity index (χ1v) is 10.1. The molecule has 0 saturated heterocycles. The van der Waals surface area contributed by atoms with Crippen molar-refractivity contribution in [2.75, 3.05) is 0 Å². The summed E-state index contributed by atoms with van der Waals surface area (Å²) in [5.41, 5.74) is 3.28. The second-order valence-electron chi connectivity index (χ2n) is 6.85. The van der Waals surface area contributed by atoms with Gasteiger partial charge in [0.25, 0.3) is 5.56 Å². The first-order valence-electron chi connectivity index (χ1n) is 9.18. The van der Waals surface area contributed by atoms with Gasteiger partial charge < -0.3 is 4.98 Å². The Hall–Kier alpha value is -2.80. The Morgan fingerprint density at radius 1 is 1.32 bits per heavy atom. The Labute approximate surface area is 165 Å². The van der Waals surface area contributed by atoms with Gasteiger partial charge in [-0.2, -0.15) is 5.10 Å². The van der Waals surface area contributed by atoms with Crippen molar-refractivity contribution in [3.8, 4) is 0 Å². The van der Waals surface area contributed by atoms with Crippen molar-refractivity contribution in [3.63, 3.8) is 0 Å². The van der Waals surface area contributed by atoms with Crippen LogP contribution >= 0.6 is 11.3 Å². The van der Waals surface area contributed by atoms with Gasteiger partial charge in [-0.15, -0.1) is 11.3 Å². The summed E-state index contributed by atoms with van der Waals surface area (Å²) in [4.78, 5) is 29.0. The maximum atomic E-state index is 12.8. The van der Waals surface area contributed by atoms with Crippen LogP contribution in [0.4, 0.5) is 4.39 Å². The smallest absolute Gasteiger partial charge is 0.258 e. The third kappa shape index (κ3) is 3.05. The molecule has 1 unspecified atom stereocenters. The van der Waals surface area contributed by atoms with Gasteiger partial charge in [0.1, 0.15) is 11.5 Å². The highest BCUT2D eigenvalue weighted by atomic mass is 32.1. The van der Waals surface area contributed by atoms with Crippen molar-refractivity contribution in [3.05, 3.63) is 68.3 Å². The molecular formula is C21H20FN3O2S. The lowest BCUT2D eigenvalue weighted by molar-refractivity contribution is -0.132. The van der Waals surface area contributed by atoms with Crippen LogP contribution in [-0.2, 0) is 11.5 Å². The van der Waals surface area contributed by atoms with E-state index in [4.69, 9.17) is 0 Å². The van der Waals surface area contributed by atoms with Crippen molar-refractivity contribution in [2.45, 2.75) is 39.4 Å². The minimum absolute atomic E-state index is 0.111. The number of benzene rings is 1. The zero-order valence-corrected chi connectivity index (χ0v) is 16.5. The number of aryl methyl sites for hydroxylation is 1. The third-order valence-electron chi connectivity index (χ3n) is 5.17. The normalized spacial score (nSPS) is 16.6. The quantitative estimate of drug-likeness (QED) is 0.707. The molecule has 3 aromatic rings. The summed E-state index contributed by atoms with van der Waals surface area (Å²) in [5, 5.41) is 8.95. The molecule has 1 aliphatic heterocycles. The van der Waals surface area contributed by atoms with Crippen molar-refractivity contribution < 1.29 is 9.18 Å². The number of rotatable bonds is 4. The minimum atomic E-state index is -0.528. The van der Waals surface area contributed by atoms with E-state index in [1.807, 2.05) is 30.5 Å². The summed E-state index contributed by atoms with van der Waals surface area (Å²) < 4.78 is 12.8. The molecule has 144 valence electrons. The number of amides is 1. The van der Waals surface area contributed by atoms with Gasteiger partial charge in [-0.25, -0.2) is 9.40 Å². The fraction of sp³-hybridized carbons (Fsp3) is 0.286. The van der Waals surface area contributed by atoms with Crippen LogP contribution in [0, 0.1) is 6.92 Å². The third-order valence-corrected chi connectivity index (χ3v) is 6.00. The number of halogens is 1. The van der Waals surface area contributed by atoms with E-state index in [-0.39, 0.29) is 17.5 Å². The molecule has 0 bridgehead atoms. The van der Waals surface area contributed by atoms with Gasteiger partial charge in [0, 0.05) is 18.2 Å². The number of hydrogen-bond acceptors (Lipinski definition) is 4. The number of nitrogens with zero attached hydrogens (tertiary/aromatic N) is 2. The Morgan fingerprint density at radius 3 is 2.75 bits per heavy atom. The Kier molecular flexibility index (Phi) is 4.85. The van der Waals surface area contributed by atoms with E-state index in [1.54, 1.807) is 19.1 Å². The van der Waals surface area contributed by atoms with Gasteiger partial charge in [-0.3, -0.25) is 9.59 Å². The molecule has 1 atom stereocenters. The predicted molar refractivity (Wildman–Crippen MR) is 109 cm³/mol. The Balaban J connectivity index is 1.78. The number of thiophene rings is 1. The molecule has 5 nitrogen and oxygen atoms in total. The van der Waals surface area contributed by atoms with Crippen molar-refractivity contribution in [1.82, 2.24) is 9.99 Å². The van der Waals surface area contributed by atoms with Gasteiger partial charge in [0.2, 0.25) is 5.91 Å². The second-order valence-corrected chi connectivity index (χ2v) is 7.77. The van der Waals surface area contributed by atoms with E-state index in [0.29, 0.717) is 29.7 Å². The maximum absolute atomic E-state index is 12.8. The van der Waals surface area contributed by atoms with E-state index in [0.717, 1.165) is 21.3 Å². The summed E-state index contributed by atoms with van der Waals surface area (Å²) in [6.07, 6.45) is 0.759. The zero-order chi connectivity index (χ0) is 19.8. The van der Waals surface area contributed by atoms with Crippen molar-refractivity contribution in [2.24, 2.45) is 5.10 Å². The number of aromatic nitrogens is 1. The van der Waals surface area contributed by atoms with Crippen LogP contribution in [0.3, 0.4) is 0 Å². The van der Waals surface area contributed by atoms with Crippen molar-refractivity contribution in [1.29, 1.82) is 0 Å². The summed E-state index contributed by atoms with van der Waals surface area (Å²) in [6.45, 7) is 3.17. The summed E-state index contributed by atoms with van der Waals surface area (Å²) in [6, 6.07) is 8.77. The fourth-order valence-electron chi connectivity index (χ4n) is 3.66. The lowest BCUT2D eigenvalue weighted by Gasteiger charge is -2.21. The number of hydrogen-bond donors (Lipinski definition) is 1. The maximum Gasteiger partial charge on any atom is 0.258 e. The fourth-order valence-corrected chi connectivity index (χ4v) is 4.50. The molecule has 3 heterocycles. The van der Waals surface area contributed by atoms with Gasteiger partial charge in [0.05, 0.1) is 17.3 Å². The molecule has 1 N–H and O–H groups in total. The molecule has 1 amide bonds. The molecule has 0 spiro atoms. The number of aromatic amines is 1. The number of hydrazone groups is 1. The minimum Gasteiger partial charge on any atom is -0.313 e. The zero-order valence-electron chi connectivity index (χ0n) is 15.7. The second kappa shape index (κ2) is 7.31. The number of fused-ring (bicyclic) bond motifs is 1. The standard InChI is InChI=1S/C21H20FN3O2S/c1-3-18(26)25-17(14-6-4-13(11-22)5-7-14)10-16(24-25)19-12(2)15-8-9-28-21(15)23-20(19)27/h4-9,17H,3,10-11H2,1-2H3,(H,23,27). The molecular weight excluding hydrogens is 377 g/mol. The molecule has 1 aromatic carbocycles. The average Bonchev–Trinajstić information content (AvgIpc) is 3.35. The highest BCUT2D eigenvalue weighted by Gasteiger charge is 2.34. The highest BCUT2D eigenvalue weighted by Crippen LogP contribution is 2.34. The van der Waals surface area contributed by atoms with Crippen LogP contribution in [0.2, 0.25) is 0 Å². The Morgan fingerprint density at radius 2 is 2.07 bits per heavy atom. The molecule has 4 rings (SSSR count). The van der Waals surface area contributed by atoms with E-state index in [2.05, 4.69) is 10.1 Å². The monoisotopic (exact) mass is 397 g/mol. The number of carbonyl (C=O) groups excluding carboxylic acids is 1. The van der Waals surface area contributed by atoms with Gasteiger partial charge >= 0.3 is 0 Å². The van der Waals surface area contributed by atoms with E-state index < -0.39 is 6.67 Å². The van der Waals surface area contributed by atoms with Crippen LogP contribution in [0.5, 0.6) is 0 Å². The molecule has 0 fully saturated rings. The summed E-state index contributed by atoms with van der Waals surface area (Å²) >= 11 is 1.49.